The van der Waals surface area contributed by atoms with Crippen molar-refractivity contribution in [1.29, 1.82) is 0 Å². The van der Waals surface area contributed by atoms with Gasteiger partial charge in [0.1, 0.15) is 17.9 Å². The molecule has 8 nitrogen and oxygen atoms in total. The summed E-state index contributed by atoms with van der Waals surface area (Å²) in [6, 6.07) is 15.6. The molecule has 3 aromatic rings. The van der Waals surface area contributed by atoms with Crippen LogP contribution in [0.2, 0.25) is 5.02 Å². The zero-order chi connectivity index (χ0) is 26.7. The number of aryl methyl sites for hydroxylation is 2. The highest BCUT2D eigenvalue weighted by Crippen LogP contribution is 2.29. The predicted octanol–water partition coefficient (Wildman–Crippen LogP) is 4.99. The van der Waals surface area contributed by atoms with Gasteiger partial charge in [-0.2, -0.15) is 0 Å². The van der Waals surface area contributed by atoms with Crippen LogP contribution in [0.3, 0.4) is 0 Å². The standard InChI is InChI=1S/C28H23ClN2O6/c1-16-4-5-18(12-17(16)2)15-37-24-11-8-21(29)13-20(24)14-23-25(32)30-28(35)31(26(23)33)22-9-6-19(7-10-22)27(34)36-3/h4-14H,15H2,1-3H3,(H,30,32,35)/b23-14+. The Kier molecular flexibility index (Phi) is 7.40. The number of methoxy groups -OCH3 is 1. The topological polar surface area (TPSA) is 102 Å². The number of halogens is 1. The van der Waals surface area contributed by atoms with Crippen LogP contribution in [0, 0.1) is 13.8 Å². The minimum absolute atomic E-state index is 0.172. The summed E-state index contributed by atoms with van der Waals surface area (Å²) in [5, 5.41) is 2.55. The number of carbonyl (C=O) groups excluding carboxylic acids is 4. The zero-order valence-corrected chi connectivity index (χ0v) is 21.1. The number of nitrogens with zero attached hydrogens (tertiary/aromatic N) is 1. The molecular formula is C28H23ClN2O6. The van der Waals surface area contributed by atoms with Gasteiger partial charge in [0, 0.05) is 10.6 Å². The number of ether oxygens (including phenoxy) is 2. The van der Waals surface area contributed by atoms with Crippen molar-refractivity contribution >= 4 is 47.2 Å². The summed E-state index contributed by atoms with van der Waals surface area (Å²) in [6.45, 7) is 4.30. The van der Waals surface area contributed by atoms with E-state index >= 15 is 0 Å². The molecule has 0 bridgehead atoms. The number of rotatable bonds is 6. The maximum Gasteiger partial charge on any atom is 0.337 e. The Balaban J connectivity index is 1.64. The molecule has 0 atom stereocenters. The van der Waals surface area contributed by atoms with Crippen molar-refractivity contribution in [3.05, 3.63) is 99.1 Å². The minimum atomic E-state index is -0.907. The van der Waals surface area contributed by atoms with E-state index in [1.165, 1.54) is 43.0 Å². The first-order chi connectivity index (χ1) is 17.7. The normalized spacial score (nSPS) is 14.5. The Labute approximate surface area is 218 Å². The number of esters is 1. The first-order valence-electron chi connectivity index (χ1n) is 11.3. The number of benzene rings is 3. The van der Waals surface area contributed by atoms with Crippen LogP contribution in [-0.2, 0) is 20.9 Å². The van der Waals surface area contributed by atoms with E-state index in [2.05, 4.69) is 10.1 Å². The Bertz CT molecular complexity index is 1450. The van der Waals surface area contributed by atoms with E-state index < -0.39 is 23.8 Å². The third-order valence-electron chi connectivity index (χ3n) is 5.89. The Morgan fingerprint density at radius 1 is 0.973 bits per heavy atom. The molecule has 0 unspecified atom stereocenters. The maximum atomic E-state index is 13.3. The highest BCUT2D eigenvalue weighted by Gasteiger charge is 2.37. The largest absolute Gasteiger partial charge is 0.488 e. The first-order valence-corrected chi connectivity index (χ1v) is 11.6. The van der Waals surface area contributed by atoms with Gasteiger partial charge in [-0.3, -0.25) is 14.9 Å². The number of imide groups is 2. The van der Waals surface area contributed by atoms with Crippen molar-refractivity contribution < 1.29 is 28.7 Å². The van der Waals surface area contributed by atoms with E-state index in [1.54, 1.807) is 18.2 Å². The number of anilines is 1. The summed E-state index contributed by atoms with van der Waals surface area (Å²) >= 11 is 6.19. The second-order valence-electron chi connectivity index (χ2n) is 8.39. The van der Waals surface area contributed by atoms with Gasteiger partial charge in [-0.05, 0) is 79.1 Å². The fraction of sp³-hybridized carbons (Fsp3) is 0.143. The molecule has 0 spiro atoms. The number of amides is 4. The van der Waals surface area contributed by atoms with E-state index in [9.17, 15) is 19.2 Å². The van der Waals surface area contributed by atoms with E-state index in [0.717, 1.165) is 16.0 Å². The van der Waals surface area contributed by atoms with Gasteiger partial charge in [0.2, 0.25) is 0 Å². The van der Waals surface area contributed by atoms with Crippen LogP contribution in [0.1, 0.15) is 32.6 Å². The molecule has 4 rings (SSSR count). The molecule has 1 heterocycles. The minimum Gasteiger partial charge on any atom is -0.488 e. The molecule has 1 aliphatic heterocycles. The average molecular weight is 519 g/mol. The lowest BCUT2D eigenvalue weighted by Crippen LogP contribution is -2.54. The van der Waals surface area contributed by atoms with E-state index in [4.69, 9.17) is 16.3 Å². The van der Waals surface area contributed by atoms with E-state index in [1.807, 2.05) is 32.0 Å². The fourth-order valence-corrected chi connectivity index (χ4v) is 3.91. The van der Waals surface area contributed by atoms with Gasteiger partial charge in [-0.25, -0.2) is 14.5 Å². The summed E-state index contributed by atoms with van der Waals surface area (Å²) < 4.78 is 10.7. The Morgan fingerprint density at radius 3 is 2.38 bits per heavy atom. The van der Waals surface area contributed by atoms with Crippen molar-refractivity contribution in [2.24, 2.45) is 0 Å². The first kappa shape index (κ1) is 25.7. The lowest BCUT2D eigenvalue weighted by atomic mass is 10.1. The monoisotopic (exact) mass is 518 g/mol. The summed E-state index contributed by atoms with van der Waals surface area (Å²) in [5.41, 5.74) is 3.78. The highest BCUT2D eigenvalue weighted by molar-refractivity contribution is 6.39. The molecule has 0 saturated carbocycles. The second kappa shape index (κ2) is 10.7. The number of hydrogen-bond acceptors (Lipinski definition) is 6. The average Bonchev–Trinajstić information content (AvgIpc) is 2.87. The summed E-state index contributed by atoms with van der Waals surface area (Å²) in [6.07, 6.45) is 1.33. The van der Waals surface area contributed by atoms with E-state index in [-0.39, 0.29) is 23.4 Å². The van der Waals surface area contributed by atoms with E-state index in [0.29, 0.717) is 16.3 Å². The molecule has 4 amide bonds. The van der Waals surface area contributed by atoms with Crippen molar-refractivity contribution in [2.75, 3.05) is 12.0 Å². The Hall–Kier alpha value is -4.43. The van der Waals surface area contributed by atoms with Crippen LogP contribution in [-0.4, -0.2) is 30.9 Å². The molecule has 1 fully saturated rings. The van der Waals surface area contributed by atoms with Gasteiger partial charge in [0.25, 0.3) is 11.8 Å². The van der Waals surface area contributed by atoms with Crippen LogP contribution in [0.15, 0.2) is 66.2 Å². The van der Waals surface area contributed by atoms with Crippen LogP contribution in [0.25, 0.3) is 6.08 Å². The Morgan fingerprint density at radius 2 is 1.70 bits per heavy atom. The summed E-state index contributed by atoms with van der Waals surface area (Å²) in [7, 11) is 1.25. The highest BCUT2D eigenvalue weighted by atomic mass is 35.5. The van der Waals surface area contributed by atoms with Crippen LogP contribution < -0.4 is 15.0 Å². The molecule has 0 aromatic heterocycles. The molecule has 1 aliphatic rings. The van der Waals surface area contributed by atoms with Crippen LogP contribution in [0.4, 0.5) is 10.5 Å². The van der Waals surface area contributed by atoms with Crippen molar-refractivity contribution in [1.82, 2.24) is 5.32 Å². The van der Waals surface area contributed by atoms with Crippen molar-refractivity contribution in [3.63, 3.8) is 0 Å². The summed E-state index contributed by atoms with van der Waals surface area (Å²) in [5.74, 6) is -1.84. The molecule has 0 aliphatic carbocycles. The van der Waals surface area contributed by atoms with Gasteiger partial charge in [0.15, 0.2) is 0 Å². The number of carbonyl (C=O) groups is 4. The molecule has 3 aromatic carbocycles. The number of urea groups is 1. The molecule has 9 heteroatoms. The molecule has 1 N–H and O–H groups in total. The van der Waals surface area contributed by atoms with Crippen LogP contribution in [0.5, 0.6) is 5.75 Å². The molecule has 188 valence electrons. The predicted molar refractivity (Wildman–Crippen MR) is 138 cm³/mol. The third kappa shape index (κ3) is 5.54. The van der Waals surface area contributed by atoms with Crippen molar-refractivity contribution in [3.8, 4) is 5.75 Å². The molecular weight excluding hydrogens is 496 g/mol. The lowest BCUT2D eigenvalue weighted by Gasteiger charge is -2.26. The number of hydrogen-bond donors (Lipinski definition) is 1. The molecule has 1 saturated heterocycles. The molecule has 0 radical (unpaired) electrons. The number of nitrogens with one attached hydrogen (secondary N) is 1. The SMILES string of the molecule is COC(=O)c1ccc(N2C(=O)NC(=O)/C(=C\c3cc(Cl)ccc3OCc3ccc(C)c(C)c3)C2=O)cc1. The quantitative estimate of drug-likeness (QED) is 0.280. The lowest BCUT2D eigenvalue weighted by molar-refractivity contribution is -0.122. The second-order valence-corrected chi connectivity index (χ2v) is 8.82. The third-order valence-corrected chi connectivity index (χ3v) is 6.12. The summed E-state index contributed by atoms with van der Waals surface area (Å²) in [4.78, 5) is 51.0. The molecule has 37 heavy (non-hydrogen) atoms. The van der Waals surface area contributed by atoms with Gasteiger partial charge in [-0.1, -0.05) is 29.8 Å². The fourth-order valence-electron chi connectivity index (χ4n) is 3.73. The van der Waals surface area contributed by atoms with Gasteiger partial charge in [-0.15, -0.1) is 0 Å². The zero-order valence-electron chi connectivity index (χ0n) is 20.3. The van der Waals surface area contributed by atoms with Crippen LogP contribution >= 0.6 is 11.6 Å². The number of barbiturate groups is 1. The van der Waals surface area contributed by atoms with Gasteiger partial charge in [0.05, 0.1) is 18.4 Å². The van der Waals surface area contributed by atoms with Gasteiger partial charge >= 0.3 is 12.0 Å². The smallest absolute Gasteiger partial charge is 0.337 e. The maximum absolute atomic E-state index is 13.3. The van der Waals surface area contributed by atoms with Crippen molar-refractivity contribution in [2.45, 2.75) is 20.5 Å². The van der Waals surface area contributed by atoms with Gasteiger partial charge < -0.3 is 9.47 Å².